The molecule has 2 aliphatic rings. The highest BCUT2D eigenvalue weighted by Crippen LogP contribution is 2.36. The highest BCUT2D eigenvalue weighted by atomic mass is 16.6. The van der Waals surface area contributed by atoms with Crippen LogP contribution in [0.15, 0.2) is 48.5 Å². The fourth-order valence-electron chi connectivity index (χ4n) is 5.22. The molecule has 194 valence electrons. The topological polar surface area (TPSA) is 62.3 Å². The number of piperazine rings is 1. The third-order valence-electron chi connectivity index (χ3n) is 7.27. The first-order valence-electron chi connectivity index (χ1n) is 13.2. The average Bonchev–Trinajstić information content (AvgIpc) is 2.92. The van der Waals surface area contributed by atoms with Crippen molar-refractivity contribution in [2.45, 2.75) is 51.7 Å². The number of carbonyl (C=O) groups excluding carboxylic acids is 2. The summed E-state index contributed by atoms with van der Waals surface area (Å²) in [5, 5.41) is 0. The molecule has 1 atom stereocenters. The molecule has 1 saturated heterocycles. The first-order chi connectivity index (χ1) is 17.5. The number of benzene rings is 2. The first-order valence-corrected chi connectivity index (χ1v) is 13.2. The molecule has 7 nitrogen and oxygen atoms in total. The van der Waals surface area contributed by atoms with Gasteiger partial charge >= 0.3 is 12.1 Å². The Balaban J connectivity index is 1.33. The van der Waals surface area contributed by atoms with E-state index < -0.39 is 0 Å². The van der Waals surface area contributed by atoms with Crippen molar-refractivity contribution < 1.29 is 19.1 Å². The van der Waals surface area contributed by atoms with Crippen molar-refractivity contribution in [3.63, 3.8) is 0 Å². The van der Waals surface area contributed by atoms with Gasteiger partial charge in [0.2, 0.25) is 0 Å². The Morgan fingerprint density at radius 3 is 2.56 bits per heavy atom. The largest absolute Gasteiger partial charge is 0.466 e. The summed E-state index contributed by atoms with van der Waals surface area (Å²) in [4.78, 5) is 31.1. The van der Waals surface area contributed by atoms with E-state index in [1.165, 1.54) is 16.8 Å². The van der Waals surface area contributed by atoms with Crippen LogP contribution in [0.3, 0.4) is 0 Å². The van der Waals surface area contributed by atoms with Crippen LogP contribution in [0.2, 0.25) is 0 Å². The lowest BCUT2D eigenvalue weighted by molar-refractivity contribution is -0.143. The molecule has 7 heteroatoms. The third kappa shape index (κ3) is 6.78. The van der Waals surface area contributed by atoms with Gasteiger partial charge in [0.1, 0.15) is 6.61 Å². The minimum atomic E-state index is -0.279. The van der Waals surface area contributed by atoms with E-state index in [4.69, 9.17) is 9.47 Å². The van der Waals surface area contributed by atoms with Crippen molar-refractivity contribution >= 4 is 17.7 Å². The Morgan fingerprint density at radius 2 is 1.81 bits per heavy atom. The zero-order valence-electron chi connectivity index (χ0n) is 21.7. The molecule has 0 N–H and O–H groups in total. The maximum atomic E-state index is 12.9. The fraction of sp³-hybridized carbons (Fsp3) is 0.517. The molecule has 0 spiro atoms. The zero-order chi connectivity index (χ0) is 25.3. The van der Waals surface area contributed by atoms with Gasteiger partial charge in [0.25, 0.3) is 0 Å². The number of nitrogens with zero attached hydrogens (tertiary/aromatic N) is 3. The molecule has 0 radical (unpaired) electrons. The Bertz CT molecular complexity index is 1000. The maximum absolute atomic E-state index is 12.9. The lowest BCUT2D eigenvalue weighted by Gasteiger charge is -2.38. The van der Waals surface area contributed by atoms with Crippen LogP contribution in [-0.2, 0) is 27.3 Å². The van der Waals surface area contributed by atoms with Crippen LogP contribution in [0, 0.1) is 0 Å². The summed E-state index contributed by atoms with van der Waals surface area (Å²) in [5.74, 6) is -0.103. The van der Waals surface area contributed by atoms with Crippen LogP contribution in [0.25, 0.3) is 0 Å². The summed E-state index contributed by atoms with van der Waals surface area (Å²) in [5.41, 5.74) is 4.79. The van der Waals surface area contributed by atoms with E-state index in [0.717, 1.165) is 64.0 Å². The minimum Gasteiger partial charge on any atom is -0.466 e. The van der Waals surface area contributed by atoms with Crippen molar-refractivity contribution in [1.29, 1.82) is 0 Å². The monoisotopic (exact) mass is 493 g/mol. The van der Waals surface area contributed by atoms with Crippen molar-refractivity contribution in [2.24, 2.45) is 0 Å². The summed E-state index contributed by atoms with van der Waals surface area (Å²) < 4.78 is 10.6. The van der Waals surface area contributed by atoms with Gasteiger partial charge in [0.05, 0.1) is 12.6 Å². The lowest BCUT2D eigenvalue weighted by atomic mass is 9.86. The smallest absolute Gasteiger partial charge is 0.410 e. The van der Waals surface area contributed by atoms with Gasteiger partial charge in [-0.2, -0.15) is 0 Å². The maximum Gasteiger partial charge on any atom is 0.410 e. The van der Waals surface area contributed by atoms with E-state index in [2.05, 4.69) is 28.0 Å². The molecule has 1 aliphatic heterocycles. The van der Waals surface area contributed by atoms with E-state index >= 15 is 0 Å². The fourth-order valence-corrected chi connectivity index (χ4v) is 5.22. The minimum absolute atomic E-state index is 0.0288. The Kier molecular flexibility index (Phi) is 9.23. The van der Waals surface area contributed by atoms with Crippen LogP contribution in [0.5, 0.6) is 0 Å². The first kappa shape index (κ1) is 26.0. The van der Waals surface area contributed by atoms with E-state index in [9.17, 15) is 9.59 Å². The predicted octanol–water partition coefficient (Wildman–Crippen LogP) is 4.80. The summed E-state index contributed by atoms with van der Waals surface area (Å²) in [6.45, 7) is 7.38. The number of hydrogen-bond donors (Lipinski definition) is 0. The number of esters is 1. The SMILES string of the molecule is CCOC(=O)CCCN1CCN(c2ccc3c(c2)C(N(C)C(=O)OCc2ccccc2)CCC3)CC1. The zero-order valence-corrected chi connectivity index (χ0v) is 21.7. The van der Waals surface area contributed by atoms with Crippen molar-refractivity contribution in [3.8, 4) is 0 Å². The van der Waals surface area contributed by atoms with Gasteiger partial charge in [0.15, 0.2) is 0 Å². The van der Waals surface area contributed by atoms with Gasteiger partial charge in [0, 0.05) is 45.3 Å². The second kappa shape index (κ2) is 12.8. The van der Waals surface area contributed by atoms with Gasteiger partial charge in [-0.05, 0) is 68.0 Å². The van der Waals surface area contributed by atoms with E-state index in [-0.39, 0.29) is 24.7 Å². The molecule has 1 aliphatic carbocycles. The molecule has 1 fully saturated rings. The van der Waals surface area contributed by atoms with Crippen LogP contribution in [0.1, 0.15) is 55.3 Å². The molecule has 0 bridgehead atoms. The quantitative estimate of drug-likeness (QED) is 0.468. The van der Waals surface area contributed by atoms with Crippen molar-refractivity contribution in [2.75, 3.05) is 51.3 Å². The Hall–Kier alpha value is -3.06. The van der Waals surface area contributed by atoms with Gasteiger partial charge in [-0.25, -0.2) is 4.79 Å². The number of fused-ring (bicyclic) bond motifs is 1. The predicted molar refractivity (Wildman–Crippen MR) is 141 cm³/mol. The van der Waals surface area contributed by atoms with Gasteiger partial charge in [-0.1, -0.05) is 36.4 Å². The Labute approximate surface area is 215 Å². The number of hydrogen-bond acceptors (Lipinski definition) is 6. The number of anilines is 1. The molecule has 1 unspecified atom stereocenters. The van der Waals surface area contributed by atoms with Crippen LogP contribution in [0.4, 0.5) is 10.5 Å². The molecule has 2 aromatic rings. The van der Waals surface area contributed by atoms with Gasteiger partial charge in [-0.3, -0.25) is 9.69 Å². The van der Waals surface area contributed by atoms with Crippen LogP contribution in [-0.4, -0.2) is 68.2 Å². The van der Waals surface area contributed by atoms with Crippen molar-refractivity contribution in [1.82, 2.24) is 9.80 Å². The normalized spacial score (nSPS) is 17.8. The number of aryl methyl sites for hydroxylation is 1. The molecular formula is C29H39N3O4. The second-order valence-electron chi connectivity index (χ2n) is 9.68. The molecule has 4 rings (SSSR count). The lowest BCUT2D eigenvalue weighted by Crippen LogP contribution is -2.46. The number of carbonyl (C=O) groups is 2. The number of ether oxygens (including phenoxy) is 2. The Morgan fingerprint density at radius 1 is 1.03 bits per heavy atom. The van der Waals surface area contributed by atoms with Crippen LogP contribution >= 0.6 is 0 Å². The van der Waals surface area contributed by atoms with Gasteiger partial charge in [-0.15, -0.1) is 0 Å². The second-order valence-corrected chi connectivity index (χ2v) is 9.68. The van der Waals surface area contributed by atoms with E-state index in [1.807, 2.05) is 44.3 Å². The molecule has 36 heavy (non-hydrogen) atoms. The molecule has 0 saturated carbocycles. The van der Waals surface area contributed by atoms with E-state index in [0.29, 0.717) is 13.0 Å². The standard InChI is InChI=1S/C29H39N3O4/c1-3-35-28(33)13-8-16-31-17-19-32(20-18-31)25-15-14-24-11-7-12-27(26(24)21-25)30(2)29(34)36-22-23-9-5-4-6-10-23/h4-6,9-10,14-15,21,27H,3,7-8,11-13,16-20,22H2,1-2H3. The molecule has 1 heterocycles. The summed E-state index contributed by atoms with van der Waals surface area (Å²) in [6, 6.07) is 16.6. The van der Waals surface area contributed by atoms with Gasteiger partial charge < -0.3 is 19.3 Å². The number of amides is 1. The summed E-state index contributed by atoms with van der Waals surface area (Å²) >= 11 is 0. The van der Waals surface area contributed by atoms with Crippen molar-refractivity contribution in [3.05, 3.63) is 65.2 Å². The molecule has 0 aromatic heterocycles. The summed E-state index contributed by atoms with van der Waals surface area (Å²) in [7, 11) is 1.86. The highest BCUT2D eigenvalue weighted by Gasteiger charge is 2.29. The van der Waals surface area contributed by atoms with E-state index in [1.54, 1.807) is 4.90 Å². The van der Waals surface area contributed by atoms with Crippen LogP contribution < -0.4 is 4.90 Å². The molecular weight excluding hydrogens is 454 g/mol. The molecule has 1 amide bonds. The number of rotatable bonds is 9. The highest BCUT2D eigenvalue weighted by molar-refractivity contribution is 5.69. The average molecular weight is 494 g/mol. The summed E-state index contributed by atoms with van der Waals surface area (Å²) in [6.07, 6.45) is 4.11. The third-order valence-corrected chi connectivity index (χ3v) is 7.27. The molecule has 2 aromatic carbocycles.